The van der Waals surface area contributed by atoms with Crippen molar-refractivity contribution in [3.8, 4) is 39.1 Å². The summed E-state index contributed by atoms with van der Waals surface area (Å²) in [7, 11) is 0. The van der Waals surface area contributed by atoms with Gasteiger partial charge in [0.25, 0.3) is 0 Å². The Bertz CT molecular complexity index is 3550. The molecule has 12 rings (SSSR count). The second kappa shape index (κ2) is 14.3. The van der Waals surface area contributed by atoms with Gasteiger partial charge in [0, 0.05) is 38.6 Å². The summed E-state index contributed by atoms with van der Waals surface area (Å²) in [6, 6.07) is 82.6. The maximum atomic E-state index is 6.94. The lowest BCUT2D eigenvalue weighted by atomic mass is 9.93. The molecule has 10 aromatic carbocycles. The van der Waals surface area contributed by atoms with Gasteiger partial charge in [-0.3, -0.25) is 0 Å². The van der Waals surface area contributed by atoms with Gasteiger partial charge in [-0.2, -0.15) is 0 Å². The number of hydrogen-bond donors (Lipinski definition) is 0. The third-order valence-corrected chi connectivity index (χ3v) is 12.2. The van der Waals surface area contributed by atoms with Crippen molar-refractivity contribution in [2.24, 2.45) is 0 Å². The summed E-state index contributed by atoms with van der Waals surface area (Å²) in [4.78, 5) is 2.31. The van der Waals surface area contributed by atoms with Crippen molar-refractivity contribution in [3.63, 3.8) is 0 Å². The van der Waals surface area contributed by atoms with Crippen LogP contribution in [0.15, 0.2) is 235 Å². The molecule has 3 heteroatoms. The molecule has 3 nitrogen and oxygen atoms in total. The molecule has 0 aliphatic rings. The van der Waals surface area contributed by atoms with Crippen LogP contribution >= 0.6 is 0 Å². The normalized spacial score (nSPS) is 11.6. The summed E-state index contributed by atoms with van der Waals surface area (Å²) in [6.45, 7) is 0. The zero-order chi connectivity index (χ0) is 40.3. The molecule has 286 valence electrons. The predicted molar refractivity (Wildman–Crippen MR) is 257 cm³/mol. The Morgan fingerprint density at radius 2 is 0.869 bits per heavy atom. The van der Waals surface area contributed by atoms with Crippen LogP contribution in [0.4, 0.5) is 17.1 Å². The van der Waals surface area contributed by atoms with Crippen LogP contribution in [-0.2, 0) is 0 Å². The molecule has 0 amide bonds. The quantitative estimate of drug-likeness (QED) is 0.161. The van der Waals surface area contributed by atoms with Crippen molar-refractivity contribution >= 4 is 71.6 Å². The van der Waals surface area contributed by atoms with Crippen molar-refractivity contribution in [1.29, 1.82) is 0 Å². The Morgan fingerprint density at radius 3 is 1.62 bits per heavy atom. The van der Waals surface area contributed by atoms with Gasteiger partial charge in [0.05, 0.1) is 16.7 Å². The van der Waals surface area contributed by atoms with Crippen LogP contribution in [0.3, 0.4) is 0 Å². The number of aromatic nitrogens is 1. The van der Waals surface area contributed by atoms with Gasteiger partial charge in [-0.25, -0.2) is 0 Å². The first-order valence-electron chi connectivity index (χ1n) is 20.8. The van der Waals surface area contributed by atoms with Crippen LogP contribution in [0.2, 0.25) is 0 Å². The molecule has 0 radical (unpaired) electrons. The topological polar surface area (TPSA) is 21.3 Å². The number of para-hydroxylation sites is 4. The van der Waals surface area contributed by atoms with Gasteiger partial charge in [0.15, 0.2) is 5.58 Å². The number of nitrogens with zero attached hydrogens (tertiary/aromatic N) is 2. The van der Waals surface area contributed by atoms with E-state index in [-0.39, 0.29) is 0 Å². The van der Waals surface area contributed by atoms with Gasteiger partial charge in [0.1, 0.15) is 5.58 Å². The molecule has 0 atom stereocenters. The van der Waals surface area contributed by atoms with Gasteiger partial charge in [0.2, 0.25) is 0 Å². The largest absolute Gasteiger partial charge is 0.454 e. The average molecular weight is 779 g/mol. The number of benzene rings is 10. The Balaban J connectivity index is 0.994. The molecular weight excluding hydrogens is 741 g/mol. The summed E-state index contributed by atoms with van der Waals surface area (Å²) >= 11 is 0. The van der Waals surface area contributed by atoms with Crippen LogP contribution in [0, 0.1) is 0 Å². The van der Waals surface area contributed by atoms with E-state index in [9.17, 15) is 0 Å². The molecule has 0 N–H and O–H groups in total. The highest BCUT2D eigenvalue weighted by molar-refractivity contribution is 6.25. The molecule has 0 unspecified atom stereocenters. The molecule has 2 aromatic heterocycles. The van der Waals surface area contributed by atoms with Crippen LogP contribution in [0.1, 0.15) is 0 Å². The van der Waals surface area contributed by atoms with Crippen LogP contribution in [-0.4, -0.2) is 4.57 Å². The molecule has 0 spiro atoms. The van der Waals surface area contributed by atoms with Crippen molar-refractivity contribution in [2.45, 2.75) is 0 Å². The smallest absolute Gasteiger partial charge is 0.159 e. The Kier molecular flexibility index (Phi) is 8.17. The van der Waals surface area contributed by atoms with Crippen LogP contribution < -0.4 is 4.90 Å². The number of anilines is 3. The van der Waals surface area contributed by atoms with Crippen LogP contribution in [0.25, 0.3) is 93.6 Å². The SMILES string of the molecule is c1ccc(-c2ccc(-c3ccc(N(c4ccccc4)c4cccc5c4oc4ccc6c(-c7cccc8c7c7ccccc7n8-c7ccccc7)cccc6c45)cc3)cc2)cc1. The highest BCUT2D eigenvalue weighted by Gasteiger charge is 2.22. The lowest BCUT2D eigenvalue weighted by molar-refractivity contribution is 0.669. The minimum Gasteiger partial charge on any atom is -0.454 e. The average Bonchev–Trinajstić information content (AvgIpc) is 3.90. The first kappa shape index (κ1) is 34.9. The minimum absolute atomic E-state index is 0.855. The summed E-state index contributed by atoms with van der Waals surface area (Å²) in [6.07, 6.45) is 0. The van der Waals surface area contributed by atoms with Crippen molar-refractivity contribution < 1.29 is 4.42 Å². The first-order chi connectivity index (χ1) is 30.3. The third-order valence-electron chi connectivity index (χ3n) is 12.2. The molecular formula is C58H38N2O. The lowest BCUT2D eigenvalue weighted by Crippen LogP contribution is -2.10. The molecule has 12 aromatic rings. The first-order valence-corrected chi connectivity index (χ1v) is 20.8. The summed E-state index contributed by atoms with van der Waals surface area (Å²) in [5, 5.41) is 7.07. The third kappa shape index (κ3) is 5.74. The van der Waals surface area contributed by atoms with Gasteiger partial charge >= 0.3 is 0 Å². The van der Waals surface area contributed by atoms with E-state index in [0.717, 1.165) is 44.7 Å². The van der Waals surface area contributed by atoms with Gasteiger partial charge in [-0.15, -0.1) is 0 Å². The van der Waals surface area contributed by atoms with E-state index in [1.54, 1.807) is 0 Å². The van der Waals surface area contributed by atoms with E-state index in [0.29, 0.717) is 0 Å². The zero-order valence-electron chi connectivity index (χ0n) is 33.2. The van der Waals surface area contributed by atoms with E-state index >= 15 is 0 Å². The fourth-order valence-corrected chi connectivity index (χ4v) is 9.44. The van der Waals surface area contributed by atoms with Crippen LogP contribution in [0.5, 0.6) is 0 Å². The van der Waals surface area contributed by atoms with Gasteiger partial charge in [-0.1, -0.05) is 170 Å². The zero-order valence-corrected chi connectivity index (χ0v) is 33.2. The van der Waals surface area contributed by atoms with Gasteiger partial charge in [-0.05, 0) is 105 Å². The van der Waals surface area contributed by atoms with Crippen molar-refractivity contribution in [1.82, 2.24) is 4.57 Å². The molecule has 0 saturated carbocycles. The molecule has 61 heavy (non-hydrogen) atoms. The number of fused-ring (bicyclic) bond motifs is 8. The van der Waals surface area contributed by atoms with E-state index in [4.69, 9.17) is 4.42 Å². The van der Waals surface area contributed by atoms with Crippen molar-refractivity contribution in [3.05, 3.63) is 231 Å². The van der Waals surface area contributed by atoms with E-state index < -0.39 is 0 Å². The highest BCUT2D eigenvalue weighted by atomic mass is 16.3. The number of hydrogen-bond acceptors (Lipinski definition) is 2. The second-order valence-corrected chi connectivity index (χ2v) is 15.6. The fourth-order valence-electron chi connectivity index (χ4n) is 9.44. The van der Waals surface area contributed by atoms with Gasteiger partial charge < -0.3 is 13.9 Å². The van der Waals surface area contributed by atoms with E-state index in [1.165, 1.54) is 66.0 Å². The highest BCUT2D eigenvalue weighted by Crippen LogP contribution is 2.46. The predicted octanol–water partition coefficient (Wildman–Crippen LogP) is 16.3. The second-order valence-electron chi connectivity index (χ2n) is 15.6. The molecule has 2 heterocycles. The number of furan rings is 1. The Morgan fingerprint density at radius 1 is 0.328 bits per heavy atom. The molecule has 0 saturated heterocycles. The standard InChI is InChI=1S/C58H38N2O/c1-4-15-39(16-5-1)40-29-31-41(32-30-40)42-33-35-45(36-34-42)59(43-17-6-2-7-18-43)54-28-14-25-51-57-49-23-12-22-46(47(49)37-38-55(57)61-58(51)54)48-24-13-27-53-56(48)50-21-10-11-26-52(50)60(53)44-19-8-3-9-20-44/h1-38H. The molecule has 0 bridgehead atoms. The monoisotopic (exact) mass is 778 g/mol. The maximum Gasteiger partial charge on any atom is 0.159 e. The molecule has 0 aliphatic carbocycles. The number of rotatable bonds is 7. The summed E-state index contributed by atoms with van der Waals surface area (Å²) < 4.78 is 9.32. The Labute approximate surface area is 353 Å². The van der Waals surface area contributed by atoms with Crippen molar-refractivity contribution in [2.75, 3.05) is 4.90 Å². The maximum absolute atomic E-state index is 6.94. The summed E-state index contributed by atoms with van der Waals surface area (Å²) in [5.41, 5.74) is 15.6. The molecule has 0 fully saturated rings. The fraction of sp³-hybridized carbons (Fsp3) is 0. The Hall–Kier alpha value is -8.14. The summed E-state index contributed by atoms with van der Waals surface area (Å²) in [5.74, 6) is 0. The van der Waals surface area contributed by atoms with E-state index in [1.807, 2.05) is 0 Å². The lowest BCUT2D eigenvalue weighted by Gasteiger charge is -2.25. The minimum atomic E-state index is 0.855. The molecule has 0 aliphatic heterocycles. The van der Waals surface area contributed by atoms with E-state index in [2.05, 4.69) is 240 Å².